The summed E-state index contributed by atoms with van der Waals surface area (Å²) in [6.07, 6.45) is 4.25. The number of H-pyrrole nitrogens is 1. The van der Waals surface area contributed by atoms with Crippen molar-refractivity contribution in [3.05, 3.63) is 41.6 Å². The number of hydrogen-bond acceptors (Lipinski definition) is 4. The molecule has 2 heterocycles. The van der Waals surface area contributed by atoms with Gasteiger partial charge < -0.3 is 14.5 Å². The van der Waals surface area contributed by atoms with Crippen molar-refractivity contribution in [2.75, 3.05) is 13.7 Å². The van der Waals surface area contributed by atoms with E-state index < -0.39 is 17.6 Å². The van der Waals surface area contributed by atoms with E-state index in [1.807, 2.05) is 51.2 Å². The number of aromatic amines is 1. The van der Waals surface area contributed by atoms with Crippen LogP contribution < -0.4 is 0 Å². The number of carbonyl (C=O) groups is 2. The number of nitrogens with zero attached hydrogens (tertiary/aromatic N) is 1. The van der Waals surface area contributed by atoms with E-state index in [-0.39, 0.29) is 18.6 Å². The number of rotatable bonds is 1. The summed E-state index contributed by atoms with van der Waals surface area (Å²) >= 11 is 0. The van der Waals surface area contributed by atoms with Gasteiger partial charge in [-0.15, -0.1) is 0 Å². The van der Waals surface area contributed by atoms with E-state index in [2.05, 4.69) is 4.98 Å². The highest BCUT2D eigenvalue weighted by Crippen LogP contribution is 2.41. The third kappa shape index (κ3) is 2.99. The van der Waals surface area contributed by atoms with Gasteiger partial charge in [0.2, 0.25) is 0 Å². The molecule has 0 fully saturated rings. The minimum atomic E-state index is -0.604. The second-order valence-electron chi connectivity index (χ2n) is 8.15. The van der Waals surface area contributed by atoms with Gasteiger partial charge in [-0.2, -0.15) is 0 Å². The normalized spacial score (nSPS) is 21.5. The first kappa shape index (κ1) is 17.6. The molecule has 2 atom stereocenters. The highest BCUT2D eigenvalue weighted by atomic mass is 16.6. The predicted octanol–water partition coefficient (Wildman–Crippen LogP) is 3.52. The molecule has 0 saturated heterocycles. The summed E-state index contributed by atoms with van der Waals surface area (Å²) < 4.78 is 10.6. The lowest BCUT2D eigenvalue weighted by atomic mass is 9.80. The van der Waals surface area contributed by atoms with Crippen LogP contribution in [0.1, 0.15) is 31.9 Å². The molecule has 6 nitrogen and oxygen atoms in total. The summed E-state index contributed by atoms with van der Waals surface area (Å²) in [6.45, 7) is 5.78. The summed E-state index contributed by atoms with van der Waals surface area (Å²) in [6, 6.07) is 5.91. The second kappa shape index (κ2) is 6.15. The Bertz CT molecular complexity index is 951. The van der Waals surface area contributed by atoms with Crippen LogP contribution >= 0.6 is 0 Å². The standard InChI is InChI=1S/C21H24N2O4/c1-21(2,3)27-20(25)23-11-13(19(24)26-4)8-15-14-6-5-7-16-18(14)12(10-22-16)9-17(15)23/h5-8,10,13,17,22H,9,11H2,1-4H3/t13-,17?/m1/s1. The van der Waals surface area contributed by atoms with Crippen molar-refractivity contribution in [1.82, 2.24) is 9.88 Å². The van der Waals surface area contributed by atoms with Crippen molar-refractivity contribution in [3.63, 3.8) is 0 Å². The maximum atomic E-state index is 12.9. The van der Waals surface area contributed by atoms with Crippen molar-refractivity contribution in [3.8, 4) is 0 Å². The number of nitrogens with one attached hydrogen (secondary N) is 1. The maximum Gasteiger partial charge on any atom is 0.410 e. The Labute approximate surface area is 158 Å². The van der Waals surface area contributed by atoms with E-state index in [0.29, 0.717) is 6.42 Å². The molecular formula is C21H24N2O4. The Hall–Kier alpha value is -2.76. The van der Waals surface area contributed by atoms with Gasteiger partial charge in [-0.05, 0) is 50.0 Å². The van der Waals surface area contributed by atoms with Crippen LogP contribution in [0.5, 0.6) is 0 Å². The molecule has 1 aromatic carbocycles. The maximum absolute atomic E-state index is 12.9. The fraction of sp³-hybridized carbons (Fsp3) is 0.429. The summed E-state index contributed by atoms with van der Waals surface area (Å²) in [5, 5.41) is 1.16. The zero-order valence-electron chi connectivity index (χ0n) is 16.0. The Morgan fingerprint density at radius 1 is 1.26 bits per heavy atom. The number of aromatic nitrogens is 1. The SMILES string of the molecule is COC(=O)[C@@H]1C=C2c3cccc4[nH]cc(c34)CC2N(C(=O)OC(C)(C)C)C1. The molecule has 1 amide bonds. The molecule has 1 aromatic heterocycles. The van der Waals surface area contributed by atoms with Gasteiger partial charge in [-0.1, -0.05) is 18.2 Å². The van der Waals surface area contributed by atoms with Gasteiger partial charge in [-0.3, -0.25) is 9.69 Å². The first-order chi connectivity index (χ1) is 12.8. The highest BCUT2D eigenvalue weighted by Gasteiger charge is 2.41. The second-order valence-corrected chi connectivity index (χ2v) is 8.15. The largest absolute Gasteiger partial charge is 0.469 e. The third-order valence-corrected chi connectivity index (χ3v) is 5.15. The average Bonchev–Trinajstić information content (AvgIpc) is 3.03. The number of methoxy groups -OCH3 is 1. The van der Waals surface area contributed by atoms with Gasteiger partial charge in [0.25, 0.3) is 0 Å². The fourth-order valence-corrected chi connectivity index (χ4v) is 4.06. The molecule has 2 aliphatic rings. The zero-order chi connectivity index (χ0) is 19.3. The van der Waals surface area contributed by atoms with Crippen LogP contribution in [0.15, 0.2) is 30.5 Å². The molecule has 27 heavy (non-hydrogen) atoms. The van der Waals surface area contributed by atoms with Gasteiger partial charge in [0.15, 0.2) is 0 Å². The Kier molecular flexibility index (Phi) is 4.02. The van der Waals surface area contributed by atoms with Gasteiger partial charge in [0, 0.05) is 23.6 Å². The smallest absolute Gasteiger partial charge is 0.410 e. The predicted molar refractivity (Wildman–Crippen MR) is 102 cm³/mol. The number of carbonyl (C=O) groups excluding carboxylic acids is 2. The molecule has 0 radical (unpaired) electrons. The van der Waals surface area contributed by atoms with Crippen LogP contribution in [-0.2, 0) is 20.7 Å². The van der Waals surface area contributed by atoms with Crippen LogP contribution in [0.3, 0.4) is 0 Å². The fourth-order valence-electron chi connectivity index (χ4n) is 4.06. The highest BCUT2D eigenvalue weighted by molar-refractivity contribution is 6.00. The Balaban J connectivity index is 1.81. The zero-order valence-corrected chi connectivity index (χ0v) is 16.0. The summed E-state index contributed by atoms with van der Waals surface area (Å²) in [7, 11) is 1.37. The van der Waals surface area contributed by atoms with Crippen LogP contribution in [-0.4, -0.2) is 47.2 Å². The lowest BCUT2D eigenvalue weighted by Crippen LogP contribution is -2.51. The molecule has 1 unspecified atom stereocenters. The Morgan fingerprint density at radius 2 is 2.04 bits per heavy atom. The van der Waals surface area contributed by atoms with Crippen LogP contribution in [0.2, 0.25) is 0 Å². The number of amides is 1. The number of hydrogen-bond donors (Lipinski definition) is 1. The Morgan fingerprint density at radius 3 is 2.74 bits per heavy atom. The topological polar surface area (TPSA) is 71.6 Å². The van der Waals surface area contributed by atoms with Crippen LogP contribution in [0, 0.1) is 5.92 Å². The van der Waals surface area contributed by atoms with E-state index in [9.17, 15) is 9.59 Å². The van der Waals surface area contributed by atoms with E-state index in [0.717, 1.165) is 22.0 Å². The van der Waals surface area contributed by atoms with Gasteiger partial charge >= 0.3 is 12.1 Å². The summed E-state index contributed by atoms with van der Waals surface area (Å²) in [5.74, 6) is -0.855. The quantitative estimate of drug-likeness (QED) is 0.782. The first-order valence-corrected chi connectivity index (χ1v) is 9.17. The number of benzene rings is 1. The van der Waals surface area contributed by atoms with Crippen LogP contribution in [0.4, 0.5) is 4.79 Å². The van der Waals surface area contributed by atoms with Crippen molar-refractivity contribution < 1.29 is 19.1 Å². The van der Waals surface area contributed by atoms with Gasteiger partial charge in [0.1, 0.15) is 5.60 Å². The third-order valence-electron chi connectivity index (χ3n) is 5.15. The molecular weight excluding hydrogens is 344 g/mol. The number of esters is 1. The molecule has 4 rings (SSSR count). The molecule has 0 bridgehead atoms. The lowest BCUT2D eigenvalue weighted by Gasteiger charge is -2.41. The van der Waals surface area contributed by atoms with Gasteiger partial charge in [-0.25, -0.2) is 4.79 Å². The molecule has 1 aliphatic carbocycles. The number of fused-ring (bicyclic) bond motifs is 2. The van der Waals surface area contributed by atoms with E-state index in [1.54, 1.807) is 4.90 Å². The van der Waals surface area contributed by atoms with Crippen molar-refractivity contribution in [2.45, 2.75) is 38.8 Å². The molecule has 142 valence electrons. The molecule has 6 heteroatoms. The monoisotopic (exact) mass is 368 g/mol. The van der Waals surface area contributed by atoms with E-state index in [4.69, 9.17) is 9.47 Å². The van der Waals surface area contributed by atoms with Crippen molar-refractivity contribution in [1.29, 1.82) is 0 Å². The number of ether oxygens (including phenoxy) is 2. The molecule has 2 aromatic rings. The van der Waals surface area contributed by atoms with Gasteiger partial charge in [0.05, 0.1) is 19.1 Å². The van der Waals surface area contributed by atoms with Crippen molar-refractivity contribution in [2.24, 2.45) is 5.92 Å². The molecule has 1 aliphatic heterocycles. The average molecular weight is 368 g/mol. The summed E-state index contributed by atoms with van der Waals surface area (Å²) in [5.41, 5.74) is 3.67. The van der Waals surface area contributed by atoms with Crippen LogP contribution in [0.25, 0.3) is 16.5 Å². The van der Waals surface area contributed by atoms with Crippen molar-refractivity contribution >= 4 is 28.5 Å². The minimum absolute atomic E-state index is 0.158. The summed E-state index contributed by atoms with van der Waals surface area (Å²) in [4.78, 5) is 30.2. The van der Waals surface area contributed by atoms with E-state index in [1.165, 1.54) is 12.7 Å². The lowest BCUT2D eigenvalue weighted by molar-refractivity contribution is -0.144. The first-order valence-electron chi connectivity index (χ1n) is 9.17. The molecule has 0 saturated carbocycles. The molecule has 0 spiro atoms. The van der Waals surface area contributed by atoms with E-state index >= 15 is 0 Å². The molecule has 1 N–H and O–H groups in total. The minimum Gasteiger partial charge on any atom is -0.469 e.